The molecule has 0 amide bonds. The largest absolute Gasteiger partial charge is 0.495 e. The minimum absolute atomic E-state index is 0.0830. The summed E-state index contributed by atoms with van der Waals surface area (Å²) in [6.45, 7) is 0.225. The molecule has 6 nitrogen and oxygen atoms in total. The van der Waals surface area contributed by atoms with E-state index < -0.39 is 5.54 Å². The van der Waals surface area contributed by atoms with Crippen molar-refractivity contribution in [2.75, 3.05) is 13.7 Å². The van der Waals surface area contributed by atoms with Gasteiger partial charge in [0.1, 0.15) is 5.75 Å². The Morgan fingerprint density at radius 3 is 2.59 bits per heavy atom. The number of nitriles is 1. The van der Waals surface area contributed by atoms with Gasteiger partial charge in [0.05, 0.1) is 53.5 Å². The van der Waals surface area contributed by atoms with Gasteiger partial charge in [0.25, 0.3) is 0 Å². The predicted molar refractivity (Wildman–Crippen MR) is 112 cm³/mol. The van der Waals surface area contributed by atoms with E-state index in [9.17, 15) is 15.2 Å². The summed E-state index contributed by atoms with van der Waals surface area (Å²) >= 11 is 6.26. The molecule has 4 rings (SSSR count). The molecule has 150 valence electrons. The van der Waals surface area contributed by atoms with E-state index in [2.05, 4.69) is 6.07 Å². The Balaban J connectivity index is 1.91. The van der Waals surface area contributed by atoms with Gasteiger partial charge in [-0.05, 0) is 48.7 Å². The number of methoxy groups -OCH3 is 1. The van der Waals surface area contributed by atoms with Crippen molar-refractivity contribution in [3.05, 3.63) is 63.0 Å². The number of aliphatic hydroxyl groups excluding tert-OH is 1. The van der Waals surface area contributed by atoms with Gasteiger partial charge in [0, 0.05) is 0 Å². The molecule has 1 aliphatic carbocycles. The number of halogens is 1. The average molecular weight is 412 g/mol. The fraction of sp³-hybridized carbons (Fsp3) is 0.364. The molecule has 0 aliphatic heterocycles. The quantitative estimate of drug-likeness (QED) is 0.695. The molecule has 1 heterocycles. The molecule has 0 bridgehead atoms. The molecule has 7 heteroatoms. The minimum atomic E-state index is -0.591. The van der Waals surface area contributed by atoms with Crippen LogP contribution in [-0.4, -0.2) is 28.0 Å². The number of aromatic nitrogens is 2. The van der Waals surface area contributed by atoms with Crippen molar-refractivity contribution in [2.45, 2.75) is 37.8 Å². The van der Waals surface area contributed by atoms with Gasteiger partial charge in [-0.15, -0.1) is 0 Å². The lowest BCUT2D eigenvalue weighted by molar-refractivity contribution is 0.136. The molecule has 0 unspecified atom stereocenters. The Labute approximate surface area is 173 Å². The first kappa shape index (κ1) is 19.6. The molecule has 1 aromatic heterocycles. The Hall–Kier alpha value is -2.75. The summed E-state index contributed by atoms with van der Waals surface area (Å²) in [5.74, 6) is 0.571. The van der Waals surface area contributed by atoms with Gasteiger partial charge in [-0.25, -0.2) is 4.79 Å². The van der Waals surface area contributed by atoms with Crippen LogP contribution in [0.15, 0.2) is 41.2 Å². The van der Waals surface area contributed by atoms with Gasteiger partial charge in [-0.1, -0.05) is 30.5 Å². The fourth-order valence-electron chi connectivity index (χ4n) is 4.41. The molecule has 29 heavy (non-hydrogen) atoms. The van der Waals surface area contributed by atoms with Crippen LogP contribution >= 0.6 is 11.6 Å². The number of aliphatic hydroxyl groups is 1. The van der Waals surface area contributed by atoms with Crippen molar-refractivity contribution in [2.24, 2.45) is 0 Å². The summed E-state index contributed by atoms with van der Waals surface area (Å²) in [6, 6.07) is 12.8. The van der Waals surface area contributed by atoms with Crippen molar-refractivity contribution in [1.82, 2.24) is 9.13 Å². The minimum Gasteiger partial charge on any atom is -0.495 e. The summed E-state index contributed by atoms with van der Waals surface area (Å²) in [4.78, 5) is 13.5. The fourth-order valence-corrected chi connectivity index (χ4v) is 4.69. The third-order valence-corrected chi connectivity index (χ3v) is 6.21. The van der Waals surface area contributed by atoms with E-state index >= 15 is 0 Å². The van der Waals surface area contributed by atoms with Gasteiger partial charge in [0.2, 0.25) is 0 Å². The van der Waals surface area contributed by atoms with E-state index in [1.807, 2.05) is 12.1 Å². The first-order valence-electron chi connectivity index (χ1n) is 9.62. The average Bonchev–Trinajstić information content (AvgIpc) is 3.31. The van der Waals surface area contributed by atoms with Gasteiger partial charge >= 0.3 is 5.69 Å². The monoisotopic (exact) mass is 411 g/mol. The van der Waals surface area contributed by atoms with Crippen molar-refractivity contribution in [3.8, 4) is 11.8 Å². The summed E-state index contributed by atoms with van der Waals surface area (Å²) in [6.07, 6.45) is 3.47. The highest BCUT2D eigenvalue weighted by molar-refractivity contribution is 6.32. The van der Waals surface area contributed by atoms with E-state index in [1.165, 1.54) is 0 Å². The second-order valence-corrected chi connectivity index (χ2v) is 7.99. The molecule has 1 aliphatic rings. The van der Waals surface area contributed by atoms with E-state index in [4.69, 9.17) is 16.3 Å². The third kappa shape index (κ3) is 3.21. The molecule has 0 saturated heterocycles. The molecule has 0 atom stereocenters. The number of ether oxygens (including phenoxy) is 1. The molecule has 0 radical (unpaired) electrons. The van der Waals surface area contributed by atoms with Gasteiger partial charge < -0.3 is 9.84 Å². The summed E-state index contributed by atoms with van der Waals surface area (Å²) < 4.78 is 8.60. The second-order valence-electron chi connectivity index (χ2n) is 7.58. The Kier molecular flexibility index (Phi) is 5.12. The molecular formula is C22H22ClN3O3. The van der Waals surface area contributed by atoms with Gasteiger partial charge in [-0.3, -0.25) is 9.13 Å². The lowest BCUT2D eigenvalue weighted by Gasteiger charge is -2.28. The predicted octanol–water partition coefficient (Wildman–Crippen LogP) is 3.65. The van der Waals surface area contributed by atoms with Crippen LogP contribution in [0, 0.1) is 11.3 Å². The Morgan fingerprint density at radius 1 is 1.21 bits per heavy atom. The summed E-state index contributed by atoms with van der Waals surface area (Å²) in [5.41, 5.74) is 1.99. The van der Waals surface area contributed by atoms with E-state index in [0.29, 0.717) is 28.4 Å². The van der Waals surface area contributed by atoms with Crippen molar-refractivity contribution in [3.63, 3.8) is 0 Å². The summed E-state index contributed by atoms with van der Waals surface area (Å²) in [7, 11) is 1.55. The first-order valence-corrected chi connectivity index (χ1v) is 10.00. The number of benzene rings is 2. The number of hydrogen-bond donors (Lipinski definition) is 1. The smallest absolute Gasteiger partial charge is 0.330 e. The number of nitrogens with zero attached hydrogens (tertiary/aromatic N) is 3. The topological polar surface area (TPSA) is 80.2 Å². The zero-order valence-electron chi connectivity index (χ0n) is 16.2. The zero-order valence-corrected chi connectivity index (χ0v) is 16.9. The van der Waals surface area contributed by atoms with Gasteiger partial charge in [-0.2, -0.15) is 5.26 Å². The molecule has 3 aromatic rings. The lowest BCUT2D eigenvalue weighted by Crippen LogP contribution is -2.42. The normalized spacial score (nSPS) is 15.5. The Morgan fingerprint density at radius 2 is 1.97 bits per heavy atom. The molecule has 2 aromatic carbocycles. The maximum atomic E-state index is 13.5. The van der Waals surface area contributed by atoms with Gasteiger partial charge in [0.15, 0.2) is 0 Å². The van der Waals surface area contributed by atoms with Crippen LogP contribution < -0.4 is 10.4 Å². The van der Waals surface area contributed by atoms with E-state index in [1.54, 1.807) is 40.5 Å². The highest BCUT2D eigenvalue weighted by atomic mass is 35.5. The van der Waals surface area contributed by atoms with Crippen LogP contribution in [0.1, 0.15) is 36.8 Å². The van der Waals surface area contributed by atoms with Crippen LogP contribution in [0.4, 0.5) is 0 Å². The zero-order chi connectivity index (χ0) is 20.6. The summed E-state index contributed by atoms with van der Waals surface area (Å²) in [5, 5.41) is 20.0. The number of hydrogen-bond acceptors (Lipinski definition) is 4. The van der Waals surface area contributed by atoms with E-state index in [0.717, 1.165) is 36.8 Å². The standard InChI is InChI=1S/C22H22ClN3O3/c1-29-20-7-5-16(10-17(20)23)13-25-19-11-15(12-24)4-6-18(19)26(21(25)28)22(14-27)8-2-3-9-22/h4-7,10-11,27H,2-3,8-9,13-14H2,1H3. The Bertz CT molecular complexity index is 1170. The van der Waals surface area contributed by atoms with Crippen LogP contribution in [0.25, 0.3) is 11.0 Å². The maximum absolute atomic E-state index is 13.5. The lowest BCUT2D eigenvalue weighted by atomic mass is 9.98. The van der Waals surface area contributed by atoms with E-state index in [-0.39, 0.29) is 12.3 Å². The molecule has 0 spiro atoms. The second kappa shape index (κ2) is 7.58. The third-order valence-electron chi connectivity index (χ3n) is 5.92. The molecule has 1 N–H and O–H groups in total. The number of rotatable bonds is 5. The number of imidazole rings is 1. The van der Waals surface area contributed by atoms with Crippen molar-refractivity contribution >= 4 is 22.6 Å². The van der Waals surface area contributed by atoms with Crippen LogP contribution in [0.3, 0.4) is 0 Å². The molecule has 1 fully saturated rings. The first-order chi connectivity index (χ1) is 14.0. The SMILES string of the molecule is COc1ccc(Cn2c(=O)n(C3(CO)CCCC3)c3ccc(C#N)cc32)cc1Cl. The highest BCUT2D eigenvalue weighted by Gasteiger charge is 2.38. The molecule has 1 saturated carbocycles. The number of fused-ring (bicyclic) bond motifs is 1. The maximum Gasteiger partial charge on any atom is 0.330 e. The van der Waals surface area contributed by atoms with Crippen LogP contribution in [0.5, 0.6) is 5.75 Å². The van der Waals surface area contributed by atoms with Crippen molar-refractivity contribution in [1.29, 1.82) is 5.26 Å². The molecular weight excluding hydrogens is 390 g/mol. The van der Waals surface area contributed by atoms with Crippen molar-refractivity contribution < 1.29 is 9.84 Å². The van der Waals surface area contributed by atoms with Crippen LogP contribution in [-0.2, 0) is 12.1 Å². The highest BCUT2D eigenvalue weighted by Crippen LogP contribution is 2.37. The van der Waals surface area contributed by atoms with Crippen LogP contribution in [0.2, 0.25) is 5.02 Å².